The third-order valence-corrected chi connectivity index (χ3v) is 3.52. The van der Waals surface area contributed by atoms with Crippen molar-refractivity contribution in [1.82, 2.24) is 0 Å². The van der Waals surface area contributed by atoms with Crippen molar-refractivity contribution in [2.75, 3.05) is 5.73 Å². The van der Waals surface area contributed by atoms with Crippen LogP contribution in [-0.4, -0.2) is 0 Å². The zero-order valence-corrected chi connectivity index (χ0v) is 9.26. The average Bonchev–Trinajstić information content (AvgIpc) is 2.23. The molecule has 0 atom stereocenters. The summed E-state index contributed by atoms with van der Waals surface area (Å²) in [5.74, 6) is 0.746. The minimum atomic E-state index is 0.746. The Kier molecular flexibility index (Phi) is 3.02. The maximum absolute atomic E-state index is 5.74. The summed E-state index contributed by atoms with van der Waals surface area (Å²) in [4.78, 5) is 0.924. The van der Waals surface area contributed by atoms with Crippen LogP contribution in [0.4, 0.5) is 5.69 Å². The van der Waals surface area contributed by atoms with Crippen LogP contribution in [0.1, 0.15) is 43.6 Å². The summed E-state index contributed by atoms with van der Waals surface area (Å²) >= 11 is 4.36. The number of benzene rings is 1. The van der Waals surface area contributed by atoms with E-state index in [0.29, 0.717) is 0 Å². The van der Waals surface area contributed by atoms with Gasteiger partial charge in [-0.3, -0.25) is 0 Å². The molecule has 2 heteroatoms. The predicted molar refractivity (Wildman–Crippen MR) is 63.9 cm³/mol. The van der Waals surface area contributed by atoms with Gasteiger partial charge in [0.15, 0.2) is 0 Å². The maximum atomic E-state index is 5.74. The summed E-state index contributed by atoms with van der Waals surface area (Å²) in [5, 5.41) is 0. The van der Waals surface area contributed by atoms with Gasteiger partial charge in [-0.25, -0.2) is 0 Å². The second-order valence-electron chi connectivity index (χ2n) is 4.15. The molecular weight excluding hydrogens is 190 g/mol. The molecule has 76 valence electrons. The zero-order valence-electron chi connectivity index (χ0n) is 8.37. The average molecular weight is 207 g/mol. The van der Waals surface area contributed by atoms with E-state index in [1.807, 2.05) is 6.07 Å². The lowest BCUT2D eigenvalue weighted by Gasteiger charge is -2.22. The van der Waals surface area contributed by atoms with E-state index in [2.05, 4.69) is 24.8 Å². The molecule has 2 rings (SSSR count). The molecule has 0 unspecified atom stereocenters. The summed E-state index contributed by atoms with van der Waals surface area (Å²) in [5.41, 5.74) is 7.95. The fourth-order valence-corrected chi connectivity index (χ4v) is 2.47. The molecule has 0 aliphatic heterocycles. The van der Waals surface area contributed by atoms with E-state index >= 15 is 0 Å². The quantitative estimate of drug-likeness (QED) is 0.534. The molecule has 2 N–H and O–H groups in total. The molecule has 1 aliphatic rings. The Labute approximate surface area is 91.1 Å². The summed E-state index contributed by atoms with van der Waals surface area (Å²) in [6, 6.07) is 6.27. The Morgan fingerprint density at radius 1 is 1.14 bits per heavy atom. The third kappa shape index (κ3) is 2.06. The highest BCUT2D eigenvalue weighted by molar-refractivity contribution is 7.80. The lowest BCUT2D eigenvalue weighted by molar-refractivity contribution is 0.443. The largest absolute Gasteiger partial charge is 0.398 e. The van der Waals surface area contributed by atoms with Crippen molar-refractivity contribution >= 4 is 18.3 Å². The summed E-state index contributed by atoms with van der Waals surface area (Å²) in [6.07, 6.45) is 6.81. The second kappa shape index (κ2) is 4.26. The molecule has 1 aromatic carbocycles. The molecule has 1 nitrogen and oxygen atoms in total. The number of nitrogen functional groups attached to an aromatic ring is 1. The Bertz CT molecular complexity index is 316. The Morgan fingerprint density at radius 2 is 1.86 bits per heavy atom. The van der Waals surface area contributed by atoms with Crippen LogP contribution in [0.5, 0.6) is 0 Å². The van der Waals surface area contributed by atoms with Gasteiger partial charge in [-0.05, 0) is 36.5 Å². The molecule has 1 aromatic rings. The highest BCUT2D eigenvalue weighted by atomic mass is 32.1. The van der Waals surface area contributed by atoms with E-state index in [9.17, 15) is 0 Å². The van der Waals surface area contributed by atoms with Crippen molar-refractivity contribution < 1.29 is 0 Å². The lowest BCUT2D eigenvalue weighted by atomic mass is 9.84. The van der Waals surface area contributed by atoms with Crippen molar-refractivity contribution in [1.29, 1.82) is 0 Å². The normalized spacial score (nSPS) is 18.4. The first-order valence-electron chi connectivity index (χ1n) is 5.36. The molecule has 0 saturated heterocycles. The van der Waals surface area contributed by atoms with Crippen LogP contribution in [0.2, 0.25) is 0 Å². The van der Waals surface area contributed by atoms with Gasteiger partial charge >= 0.3 is 0 Å². The fourth-order valence-electron chi connectivity index (χ4n) is 2.25. The van der Waals surface area contributed by atoms with E-state index < -0.39 is 0 Å². The summed E-state index contributed by atoms with van der Waals surface area (Å²) < 4.78 is 0. The predicted octanol–water partition coefficient (Wildman–Crippen LogP) is 3.61. The van der Waals surface area contributed by atoms with E-state index in [4.69, 9.17) is 5.73 Å². The first kappa shape index (κ1) is 9.91. The molecule has 1 aliphatic carbocycles. The van der Waals surface area contributed by atoms with Gasteiger partial charge in [0.05, 0.1) is 0 Å². The lowest BCUT2D eigenvalue weighted by Crippen LogP contribution is -2.04. The topological polar surface area (TPSA) is 26.0 Å². The number of rotatable bonds is 1. The Balaban J connectivity index is 2.18. The van der Waals surface area contributed by atoms with Gasteiger partial charge < -0.3 is 5.73 Å². The van der Waals surface area contributed by atoms with Crippen LogP contribution in [0.3, 0.4) is 0 Å². The van der Waals surface area contributed by atoms with Crippen molar-refractivity contribution in [2.45, 2.75) is 42.9 Å². The number of thiol groups is 1. The highest BCUT2D eigenvalue weighted by Gasteiger charge is 2.15. The van der Waals surface area contributed by atoms with Crippen molar-refractivity contribution in [3.05, 3.63) is 23.8 Å². The Morgan fingerprint density at radius 3 is 2.50 bits per heavy atom. The van der Waals surface area contributed by atoms with E-state index in [0.717, 1.165) is 16.5 Å². The number of anilines is 1. The van der Waals surface area contributed by atoms with Crippen LogP contribution in [0.15, 0.2) is 23.1 Å². The van der Waals surface area contributed by atoms with Gasteiger partial charge in [-0.2, -0.15) is 0 Å². The van der Waals surface area contributed by atoms with Gasteiger partial charge in [0.2, 0.25) is 0 Å². The second-order valence-corrected chi connectivity index (χ2v) is 4.63. The minimum Gasteiger partial charge on any atom is -0.398 e. The van der Waals surface area contributed by atoms with Crippen molar-refractivity contribution in [3.63, 3.8) is 0 Å². The van der Waals surface area contributed by atoms with Gasteiger partial charge in [0.25, 0.3) is 0 Å². The van der Waals surface area contributed by atoms with Gasteiger partial charge in [0.1, 0.15) is 0 Å². The molecule has 0 heterocycles. The maximum Gasteiger partial charge on any atom is 0.0449 e. The molecule has 0 bridgehead atoms. The number of nitrogens with two attached hydrogens (primary N) is 1. The Hall–Kier alpha value is -0.630. The van der Waals surface area contributed by atoms with Crippen molar-refractivity contribution in [3.8, 4) is 0 Å². The first-order chi connectivity index (χ1) is 6.77. The van der Waals surface area contributed by atoms with E-state index in [-0.39, 0.29) is 0 Å². The SMILES string of the molecule is Nc1ccc(C2CCCCC2)cc1S. The zero-order chi connectivity index (χ0) is 9.97. The first-order valence-corrected chi connectivity index (χ1v) is 5.80. The smallest absolute Gasteiger partial charge is 0.0449 e. The molecule has 0 radical (unpaired) electrons. The highest BCUT2D eigenvalue weighted by Crippen LogP contribution is 2.34. The van der Waals surface area contributed by atoms with Gasteiger partial charge in [-0.15, -0.1) is 12.6 Å². The summed E-state index contributed by atoms with van der Waals surface area (Å²) in [7, 11) is 0. The minimum absolute atomic E-state index is 0.746. The molecule has 0 amide bonds. The standard InChI is InChI=1S/C12H17NS/c13-11-7-6-10(8-12(11)14)9-4-2-1-3-5-9/h6-9,14H,1-5,13H2. The monoisotopic (exact) mass is 207 g/mol. The van der Waals surface area contributed by atoms with Crippen LogP contribution in [-0.2, 0) is 0 Å². The van der Waals surface area contributed by atoms with Crippen LogP contribution in [0, 0.1) is 0 Å². The molecule has 0 spiro atoms. The van der Waals surface area contributed by atoms with Crippen LogP contribution in [0.25, 0.3) is 0 Å². The molecule has 1 fully saturated rings. The summed E-state index contributed by atoms with van der Waals surface area (Å²) in [6.45, 7) is 0. The van der Waals surface area contributed by atoms with Crippen LogP contribution >= 0.6 is 12.6 Å². The van der Waals surface area contributed by atoms with Crippen LogP contribution < -0.4 is 5.73 Å². The van der Waals surface area contributed by atoms with Gasteiger partial charge in [0, 0.05) is 10.6 Å². The van der Waals surface area contributed by atoms with Gasteiger partial charge in [-0.1, -0.05) is 25.3 Å². The van der Waals surface area contributed by atoms with E-state index in [1.54, 1.807) is 0 Å². The van der Waals surface area contributed by atoms with E-state index in [1.165, 1.54) is 37.7 Å². The molecule has 14 heavy (non-hydrogen) atoms. The third-order valence-electron chi connectivity index (χ3n) is 3.13. The molecule has 0 aromatic heterocycles. The van der Waals surface area contributed by atoms with Crippen molar-refractivity contribution in [2.24, 2.45) is 0 Å². The fraction of sp³-hybridized carbons (Fsp3) is 0.500. The molecule has 1 saturated carbocycles. The number of hydrogen-bond acceptors (Lipinski definition) is 2. The molecular formula is C12H17NS. The number of hydrogen-bond donors (Lipinski definition) is 2.